The molecule has 0 radical (unpaired) electrons. The first kappa shape index (κ1) is 57.8. The van der Waals surface area contributed by atoms with E-state index in [0.29, 0.717) is 78.7 Å². The van der Waals surface area contributed by atoms with E-state index in [9.17, 15) is 0 Å². The number of Topliss-reactive ketones (excluding diaryl/α,β-unsaturated/α-hetero) is 1. The van der Waals surface area contributed by atoms with Gasteiger partial charge in [0.25, 0.3) is 0 Å². The van der Waals surface area contributed by atoms with E-state index in [1.807, 2.05) is 315 Å². The van der Waals surface area contributed by atoms with Crippen LogP contribution in [0.25, 0.3) is 22.3 Å². The number of benzene rings is 12. The monoisotopic (exact) mass is 1170 g/mol. The molecule has 0 aliphatic heterocycles. The summed E-state index contributed by atoms with van der Waals surface area (Å²) >= 11 is 0. The van der Waals surface area contributed by atoms with Crippen LogP contribution in [0.15, 0.2) is 315 Å². The summed E-state index contributed by atoms with van der Waals surface area (Å²) in [6.07, 6.45) is 0. The van der Waals surface area contributed by atoms with Crippen LogP contribution in [-0.4, -0.2) is 5.78 Å². The predicted octanol–water partition coefficient (Wildman–Crippen LogP) is 18.8. The van der Waals surface area contributed by atoms with Crippen molar-refractivity contribution in [3.63, 3.8) is 0 Å². The Labute approximate surface area is 537 Å². The van der Waals surface area contributed by atoms with Gasteiger partial charge >= 0.3 is 0 Å². The largest absolute Gasteiger partial charge is 0.457 e. The van der Waals surface area contributed by atoms with Crippen LogP contribution in [-0.2, 0) is 4.79 Å². The van der Waals surface area contributed by atoms with Crippen LogP contribution >= 0.6 is 0 Å². The zero-order valence-electron chi connectivity index (χ0n) is 49.7. The molecule has 0 aromatic heterocycles. The average Bonchev–Trinajstić information content (AvgIpc) is 1.59. The number of carbonyl (C=O) groups excluding carboxylic acids is 1. The van der Waals surface area contributed by atoms with Crippen LogP contribution in [0.3, 0.4) is 0 Å². The maximum absolute atomic E-state index is 16.6. The zero-order chi connectivity index (χ0) is 62.1. The Hall–Kier alpha value is -13.3. The Bertz CT molecular complexity index is 4670. The van der Waals surface area contributed by atoms with E-state index in [2.05, 4.69) is 71.0 Å². The molecule has 0 fully saturated rings. The van der Waals surface area contributed by atoms with Gasteiger partial charge < -0.3 is 9.47 Å². The summed E-state index contributed by atoms with van der Waals surface area (Å²) in [5, 5.41) is 0. The summed E-state index contributed by atoms with van der Waals surface area (Å²) in [6, 6.07) is 103. The summed E-state index contributed by atoms with van der Waals surface area (Å²) in [5.74, 6) is 42.5. The molecule has 0 N–H and O–H groups in total. The minimum absolute atomic E-state index is 0.202. The minimum Gasteiger partial charge on any atom is -0.457 e. The number of hydrogen-bond donors (Lipinski definition) is 0. The number of carbonyl (C=O) groups is 1. The Kier molecular flexibility index (Phi) is 17.6. The summed E-state index contributed by atoms with van der Waals surface area (Å²) < 4.78 is 13.0. The molecule has 13 rings (SSSR count). The number of allylic oxidation sites excluding steroid dienone is 4. The van der Waals surface area contributed by atoms with Crippen LogP contribution in [0.1, 0.15) is 89.0 Å². The fourth-order valence-corrected chi connectivity index (χ4v) is 10.4. The van der Waals surface area contributed by atoms with Gasteiger partial charge in [0.1, 0.15) is 23.0 Å². The van der Waals surface area contributed by atoms with Gasteiger partial charge in [0, 0.05) is 89.1 Å². The Morgan fingerprint density at radius 2 is 0.370 bits per heavy atom. The third-order valence-electron chi connectivity index (χ3n) is 14.9. The molecule has 0 heterocycles. The third-order valence-corrected chi connectivity index (χ3v) is 14.9. The van der Waals surface area contributed by atoms with Crippen molar-refractivity contribution < 1.29 is 14.3 Å². The van der Waals surface area contributed by atoms with Crippen molar-refractivity contribution in [1.29, 1.82) is 0 Å². The van der Waals surface area contributed by atoms with Crippen LogP contribution in [0.4, 0.5) is 0 Å². The molecule has 0 amide bonds. The van der Waals surface area contributed by atoms with Crippen LogP contribution in [0.5, 0.6) is 23.0 Å². The highest BCUT2D eigenvalue weighted by atomic mass is 16.5. The first-order valence-electron chi connectivity index (χ1n) is 30.0. The van der Waals surface area contributed by atoms with E-state index in [4.69, 9.17) is 9.47 Å². The van der Waals surface area contributed by atoms with E-state index >= 15 is 4.79 Å². The molecule has 3 heteroatoms. The van der Waals surface area contributed by atoms with Gasteiger partial charge in [0.15, 0.2) is 5.78 Å². The molecular weight excluding hydrogens is 1120 g/mol. The van der Waals surface area contributed by atoms with Crippen LogP contribution in [0, 0.1) is 71.0 Å². The maximum Gasteiger partial charge on any atom is 0.195 e. The molecular formula is C89H52O3. The van der Waals surface area contributed by atoms with Crippen molar-refractivity contribution >= 4 is 28.1 Å². The standard InChI is InChI=1S/C89H52O3/c90-89-87(79-61-73(39-35-67-23-11-3-12-24-67)59-74(62-79)40-36-68-25-13-4-14-26-68)85(77-47-55-83(56-48-77)91-81-51-43-71(44-52-81)33-31-65-19-7-1-8-20-65)86(78-49-57-84(58-50-78)92-82-53-45-72(46-54-82)34-32-66-21-9-2-10-22-66)88(89)80-63-75(41-37-69-27-15-5-16-28-69)60-76(64-80)42-38-70-29-17-6-18-30-70/h1-30,43-64H. The molecule has 0 saturated heterocycles. The molecule has 3 nitrogen and oxygen atoms in total. The lowest BCUT2D eigenvalue weighted by atomic mass is 9.88. The summed E-state index contributed by atoms with van der Waals surface area (Å²) in [4.78, 5) is 16.6. The van der Waals surface area contributed by atoms with E-state index in [-0.39, 0.29) is 5.78 Å². The van der Waals surface area contributed by atoms with E-state index in [0.717, 1.165) is 55.6 Å². The molecule has 426 valence electrons. The van der Waals surface area contributed by atoms with E-state index in [1.54, 1.807) is 0 Å². The van der Waals surface area contributed by atoms with E-state index < -0.39 is 0 Å². The van der Waals surface area contributed by atoms with Crippen LogP contribution in [0.2, 0.25) is 0 Å². The Morgan fingerprint density at radius 1 is 0.174 bits per heavy atom. The second kappa shape index (κ2) is 28.1. The van der Waals surface area contributed by atoms with Crippen molar-refractivity contribution in [2.75, 3.05) is 0 Å². The quantitative estimate of drug-likeness (QED) is 0.142. The van der Waals surface area contributed by atoms with Gasteiger partial charge in [-0.1, -0.05) is 205 Å². The smallest absolute Gasteiger partial charge is 0.195 e. The first-order valence-corrected chi connectivity index (χ1v) is 30.0. The topological polar surface area (TPSA) is 35.5 Å². The molecule has 0 saturated carbocycles. The lowest BCUT2D eigenvalue weighted by Gasteiger charge is -2.16. The second-order valence-corrected chi connectivity index (χ2v) is 21.4. The average molecular weight is 1170 g/mol. The molecule has 0 bridgehead atoms. The van der Waals surface area contributed by atoms with Crippen molar-refractivity contribution in [2.24, 2.45) is 0 Å². The van der Waals surface area contributed by atoms with Crippen LogP contribution < -0.4 is 9.47 Å². The highest BCUT2D eigenvalue weighted by molar-refractivity contribution is 6.59. The summed E-state index contributed by atoms with van der Waals surface area (Å²) in [5.41, 5.74) is 15.0. The number of rotatable bonds is 8. The number of ketones is 1. The predicted molar refractivity (Wildman–Crippen MR) is 372 cm³/mol. The van der Waals surface area contributed by atoms with Gasteiger partial charge in [0.2, 0.25) is 0 Å². The zero-order valence-corrected chi connectivity index (χ0v) is 49.7. The van der Waals surface area contributed by atoms with E-state index in [1.165, 1.54) is 0 Å². The molecule has 92 heavy (non-hydrogen) atoms. The summed E-state index contributed by atoms with van der Waals surface area (Å²) in [6.45, 7) is 0. The van der Waals surface area contributed by atoms with Crippen molar-refractivity contribution in [3.8, 4) is 94.0 Å². The fourth-order valence-electron chi connectivity index (χ4n) is 10.4. The van der Waals surface area contributed by atoms with Gasteiger partial charge in [-0.25, -0.2) is 0 Å². The molecule has 12 aromatic carbocycles. The van der Waals surface area contributed by atoms with Gasteiger partial charge in [-0.3, -0.25) is 4.79 Å². The Balaban J connectivity index is 0.981. The maximum atomic E-state index is 16.6. The second-order valence-electron chi connectivity index (χ2n) is 21.4. The minimum atomic E-state index is -0.202. The molecule has 0 spiro atoms. The lowest BCUT2D eigenvalue weighted by Crippen LogP contribution is -2.04. The first-order chi connectivity index (χ1) is 45.4. The molecule has 0 unspecified atom stereocenters. The normalized spacial score (nSPS) is 11.1. The highest BCUT2D eigenvalue weighted by Crippen LogP contribution is 2.51. The Morgan fingerprint density at radius 3 is 0.598 bits per heavy atom. The van der Waals surface area contributed by atoms with Gasteiger partial charge in [-0.05, 0) is 204 Å². The molecule has 1 aliphatic carbocycles. The SMILES string of the molecule is O=C1C(c2cc(C#Cc3ccccc3)cc(C#Cc3ccccc3)c2)=C(c2ccc(Oc3ccc(C#Cc4ccccc4)cc3)cc2)C(c2ccc(Oc3ccc(C#Cc4ccccc4)cc3)cc2)=C1c1cc(C#Cc2ccccc2)cc(C#Cc2ccccc2)c1. The number of hydrogen-bond acceptors (Lipinski definition) is 3. The van der Waals surface area contributed by atoms with Crippen molar-refractivity contribution in [2.45, 2.75) is 0 Å². The van der Waals surface area contributed by atoms with Gasteiger partial charge in [0.05, 0.1) is 0 Å². The van der Waals surface area contributed by atoms with Crippen molar-refractivity contribution in [3.05, 3.63) is 404 Å². The van der Waals surface area contributed by atoms with Gasteiger partial charge in [-0.2, -0.15) is 0 Å². The molecule has 1 aliphatic rings. The fraction of sp³-hybridized carbons (Fsp3) is 0. The summed E-state index contributed by atoms with van der Waals surface area (Å²) in [7, 11) is 0. The lowest BCUT2D eigenvalue weighted by molar-refractivity contribution is -0.108. The van der Waals surface area contributed by atoms with Gasteiger partial charge in [-0.15, -0.1) is 0 Å². The molecule has 12 aromatic rings. The third kappa shape index (κ3) is 14.8. The molecule has 0 atom stereocenters. The number of ether oxygens (including phenoxy) is 2. The van der Waals surface area contributed by atoms with Crippen molar-refractivity contribution in [1.82, 2.24) is 0 Å². The highest BCUT2D eigenvalue weighted by Gasteiger charge is 2.36.